The largest absolute Gasteiger partial charge is 0.741 e. The molecule has 0 aromatic carbocycles. The van der Waals surface area contributed by atoms with Gasteiger partial charge in [-0.3, -0.25) is 4.79 Å². The van der Waals surface area contributed by atoms with Gasteiger partial charge in [0.25, 0.3) is 0 Å². The van der Waals surface area contributed by atoms with Gasteiger partial charge in [0.15, 0.2) is 21.7 Å². The number of Topliss-reactive ketones (excluding diaryl/α,β-unsaturated/α-hetero) is 1. The topological polar surface area (TPSA) is 83.5 Å². The van der Waals surface area contributed by atoms with E-state index in [0.717, 1.165) is 30.5 Å². The van der Waals surface area contributed by atoms with Gasteiger partial charge in [-0.05, 0) is 10.9 Å². The molecule has 1 fully saturated rings. The Morgan fingerprint density at radius 1 is 1.30 bits per heavy atom. The third-order valence-corrected chi connectivity index (χ3v) is 5.05. The Bertz CT molecular complexity index is 400. The summed E-state index contributed by atoms with van der Waals surface area (Å²) in [4.78, 5) is 11.4. The van der Waals surface area contributed by atoms with Crippen molar-refractivity contribution in [3.63, 3.8) is 0 Å². The molecule has 0 N–H and O–H groups in total. The van der Waals surface area contributed by atoms with E-state index in [4.69, 9.17) is 17.7 Å². The third-order valence-electron chi connectivity index (χ3n) is 2.31. The summed E-state index contributed by atoms with van der Waals surface area (Å²) in [6.45, 7) is 5.67. The Hall–Kier alpha value is -0.320. The zero-order chi connectivity index (χ0) is 16.0. The predicted molar refractivity (Wildman–Crippen MR) is 68.4 cm³/mol. The fourth-order valence-corrected chi connectivity index (χ4v) is 3.01. The van der Waals surface area contributed by atoms with Crippen LogP contribution in [0.4, 0.5) is 13.2 Å². The van der Waals surface area contributed by atoms with Gasteiger partial charge < -0.3 is 9.29 Å². The minimum atomic E-state index is -6.09. The fourth-order valence-electron chi connectivity index (χ4n) is 1.07. The summed E-state index contributed by atoms with van der Waals surface area (Å²) in [5, 5.41) is 0. The first-order valence-corrected chi connectivity index (χ1v) is 8.86. The van der Waals surface area contributed by atoms with Crippen LogP contribution in [-0.2, 0) is 30.5 Å². The van der Waals surface area contributed by atoms with Crippen LogP contribution < -0.4 is 0 Å². The molecule has 0 spiro atoms. The number of hydrogen-bond donors (Lipinski definition) is 0. The Kier molecular flexibility index (Phi) is 8.07. The molecule has 0 unspecified atom stereocenters. The minimum absolute atomic E-state index is 0.209. The second-order valence-corrected chi connectivity index (χ2v) is 8.00. The number of carbonyl (C=O) groups is 1. The second-order valence-electron chi connectivity index (χ2n) is 4.30. The molecule has 1 rings (SSSR count). The maximum atomic E-state index is 11.4. The molecule has 0 bridgehead atoms. The van der Waals surface area contributed by atoms with Crippen LogP contribution in [0.5, 0.6) is 0 Å². The zero-order valence-corrected chi connectivity index (χ0v) is 12.7. The van der Waals surface area contributed by atoms with E-state index < -0.39 is 15.6 Å². The van der Waals surface area contributed by atoms with Crippen molar-refractivity contribution in [1.29, 1.82) is 0 Å². The summed E-state index contributed by atoms with van der Waals surface area (Å²) in [6, 6.07) is 0. The molecule has 0 aromatic heterocycles. The normalized spacial score (nSPS) is 17.6. The maximum Gasteiger partial charge on any atom is 0.485 e. The average molecular weight is 338 g/mol. The molecule has 0 atom stereocenters. The highest BCUT2D eigenvalue weighted by molar-refractivity contribution is 7.97. The first kappa shape index (κ1) is 19.7. The molecule has 1 aliphatic heterocycles. The van der Waals surface area contributed by atoms with Crippen LogP contribution in [-0.4, -0.2) is 54.7 Å². The van der Waals surface area contributed by atoms with Crippen molar-refractivity contribution in [2.75, 3.05) is 30.5 Å². The number of carbonyl (C=O) groups excluding carboxylic acids is 1. The molecule has 0 radical (unpaired) electrons. The average Bonchev–Trinajstić information content (AvgIpc) is 2.28. The van der Waals surface area contributed by atoms with Gasteiger partial charge in [-0.15, -0.1) is 0 Å². The first-order valence-electron chi connectivity index (χ1n) is 5.72. The zero-order valence-electron chi connectivity index (χ0n) is 11.1. The van der Waals surface area contributed by atoms with E-state index in [0.29, 0.717) is 16.7 Å². The molecule has 1 heterocycles. The number of ether oxygens (including phenoxy) is 1. The van der Waals surface area contributed by atoms with Gasteiger partial charge in [-0.1, -0.05) is 13.8 Å². The number of rotatable bonds is 3. The number of hydrogen-bond acceptors (Lipinski definition) is 5. The van der Waals surface area contributed by atoms with Crippen LogP contribution in [0.2, 0.25) is 0 Å². The molecule has 10 heteroatoms. The standard InChI is InChI=1S/C9H17O2S.CHF3O3S/c1-8(2)9(10)7-12-5-3-11-4-6-12;2-1(3,4)8(5,6)7/h8H,3-7H2,1-2H3;(H,5,6,7)/q+1;/p-1. The molecular formula is C10H17F3O5S2. The van der Waals surface area contributed by atoms with Crippen molar-refractivity contribution in [3.05, 3.63) is 0 Å². The summed E-state index contributed by atoms with van der Waals surface area (Å²) in [5.41, 5.74) is -5.65. The van der Waals surface area contributed by atoms with E-state index in [1.807, 2.05) is 13.8 Å². The second kappa shape index (κ2) is 8.20. The van der Waals surface area contributed by atoms with Crippen molar-refractivity contribution in [1.82, 2.24) is 0 Å². The van der Waals surface area contributed by atoms with Crippen LogP contribution in [0.1, 0.15) is 13.8 Å². The summed E-state index contributed by atoms with van der Waals surface area (Å²) >= 11 is 0. The lowest BCUT2D eigenvalue weighted by molar-refractivity contribution is -0.119. The Labute approximate surface area is 119 Å². The van der Waals surface area contributed by atoms with Crippen LogP contribution >= 0.6 is 0 Å². The third kappa shape index (κ3) is 8.08. The molecule has 0 aromatic rings. The van der Waals surface area contributed by atoms with Crippen LogP contribution in [0, 0.1) is 5.92 Å². The minimum Gasteiger partial charge on any atom is -0.741 e. The van der Waals surface area contributed by atoms with E-state index in [9.17, 15) is 18.0 Å². The van der Waals surface area contributed by atoms with Crippen molar-refractivity contribution in [3.8, 4) is 0 Å². The summed E-state index contributed by atoms with van der Waals surface area (Å²) in [7, 11) is -5.76. The van der Waals surface area contributed by atoms with Crippen molar-refractivity contribution in [2.45, 2.75) is 19.4 Å². The predicted octanol–water partition coefficient (Wildman–Crippen LogP) is 0.911. The molecule has 5 nitrogen and oxygen atoms in total. The highest BCUT2D eigenvalue weighted by atomic mass is 32.2. The lowest BCUT2D eigenvalue weighted by Crippen LogP contribution is -2.32. The van der Waals surface area contributed by atoms with Crippen molar-refractivity contribution < 1.29 is 35.7 Å². The van der Waals surface area contributed by atoms with E-state index in [-0.39, 0.29) is 5.92 Å². The monoisotopic (exact) mass is 338 g/mol. The number of alkyl halides is 3. The Morgan fingerprint density at radius 2 is 1.70 bits per heavy atom. The summed E-state index contributed by atoms with van der Waals surface area (Å²) in [5.74, 6) is 3.61. The molecule has 1 aliphatic rings. The maximum absolute atomic E-state index is 11.4. The summed E-state index contributed by atoms with van der Waals surface area (Å²) < 4.78 is 64.1. The quantitative estimate of drug-likeness (QED) is 0.434. The van der Waals surface area contributed by atoms with Gasteiger partial charge in [0.05, 0.1) is 13.2 Å². The molecule has 0 aliphatic carbocycles. The first-order chi connectivity index (χ1) is 8.95. The van der Waals surface area contributed by atoms with Gasteiger partial charge in [0, 0.05) is 5.92 Å². The van der Waals surface area contributed by atoms with Crippen LogP contribution in [0.15, 0.2) is 0 Å². The number of halogens is 3. The van der Waals surface area contributed by atoms with Crippen LogP contribution in [0.3, 0.4) is 0 Å². The Morgan fingerprint density at radius 3 is 2.00 bits per heavy atom. The molecule has 0 amide bonds. The van der Waals surface area contributed by atoms with Gasteiger partial charge in [-0.2, -0.15) is 13.2 Å². The SMILES string of the molecule is CC(C)C(=O)C[S+]1CCOCC1.O=S(=O)([O-])C(F)(F)F. The molecule has 20 heavy (non-hydrogen) atoms. The highest BCUT2D eigenvalue weighted by Gasteiger charge is 2.36. The smallest absolute Gasteiger partial charge is 0.485 e. The van der Waals surface area contributed by atoms with E-state index in [1.165, 1.54) is 0 Å². The molecule has 120 valence electrons. The fraction of sp³-hybridized carbons (Fsp3) is 0.900. The van der Waals surface area contributed by atoms with E-state index in [2.05, 4.69) is 0 Å². The summed E-state index contributed by atoms with van der Waals surface area (Å²) in [6.07, 6.45) is 0. The molecule has 0 saturated carbocycles. The van der Waals surface area contributed by atoms with Gasteiger partial charge in [-0.25, -0.2) is 8.42 Å². The van der Waals surface area contributed by atoms with E-state index in [1.54, 1.807) is 0 Å². The lowest BCUT2D eigenvalue weighted by atomic mass is 10.1. The van der Waals surface area contributed by atoms with Gasteiger partial charge >= 0.3 is 5.51 Å². The van der Waals surface area contributed by atoms with Gasteiger partial charge in [0.1, 0.15) is 11.5 Å². The van der Waals surface area contributed by atoms with Crippen molar-refractivity contribution >= 4 is 26.8 Å². The lowest BCUT2D eigenvalue weighted by Gasteiger charge is -2.14. The van der Waals surface area contributed by atoms with Crippen molar-refractivity contribution in [2.24, 2.45) is 5.92 Å². The van der Waals surface area contributed by atoms with Crippen LogP contribution in [0.25, 0.3) is 0 Å². The molecule has 1 saturated heterocycles. The number of ketones is 1. The Balaban J connectivity index is 0.000000396. The van der Waals surface area contributed by atoms with E-state index >= 15 is 0 Å². The highest BCUT2D eigenvalue weighted by Crippen LogP contribution is 2.20. The van der Waals surface area contributed by atoms with Gasteiger partial charge in [0.2, 0.25) is 0 Å². The molecular weight excluding hydrogens is 321 g/mol.